The van der Waals surface area contributed by atoms with E-state index in [0.29, 0.717) is 0 Å². The van der Waals surface area contributed by atoms with Crippen molar-refractivity contribution in [2.45, 2.75) is 44.6 Å². The second-order valence-corrected chi connectivity index (χ2v) is 6.74. The van der Waals surface area contributed by atoms with Gasteiger partial charge in [0.05, 0.1) is 18.6 Å². The zero-order chi connectivity index (χ0) is 11.5. The molecule has 17 heavy (non-hydrogen) atoms. The monoisotopic (exact) mass is 232 g/mol. The van der Waals surface area contributed by atoms with Gasteiger partial charge in [0.15, 0.2) is 0 Å². The molecule has 0 aromatic carbocycles. The van der Waals surface area contributed by atoms with Gasteiger partial charge in [0.1, 0.15) is 0 Å². The molecule has 4 aliphatic rings. The number of furan rings is 1. The first-order valence-electron chi connectivity index (χ1n) is 6.95. The highest BCUT2D eigenvalue weighted by atomic mass is 16.3. The van der Waals surface area contributed by atoms with Crippen LogP contribution in [0, 0.1) is 23.2 Å². The topological polar surface area (TPSA) is 33.4 Å². The summed E-state index contributed by atoms with van der Waals surface area (Å²) >= 11 is 0. The molecule has 0 saturated heterocycles. The molecule has 92 valence electrons. The quantitative estimate of drug-likeness (QED) is 0.846. The van der Waals surface area contributed by atoms with Crippen molar-refractivity contribution in [1.29, 1.82) is 0 Å². The second-order valence-electron chi connectivity index (χ2n) is 6.74. The molecule has 1 atom stereocenters. The molecule has 0 amide bonds. The molecule has 1 aromatic heterocycles. The van der Waals surface area contributed by atoms with Crippen LogP contribution in [0.3, 0.4) is 0 Å². The first-order chi connectivity index (χ1) is 8.25. The van der Waals surface area contributed by atoms with Crippen LogP contribution in [0.1, 0.15) is 50.2 Å². The number of hydrogen-bond acceptors (Lipinski definition) is 2. The molecule has 0 aliphatic heterocycles. The predicted molar refractivity (Wildman–Crippen MR) is 64.3 cm³/mol. The Bertz CT molecular complexity index is 371. The van der Waals surface area contributed by atoms with Crippen molar-refractivity contribution in [2.75, 3.05) is 0 Å². The lowest BCUT2D eigenvalue weighted by atomic mass is 9.48. The molecular formula is C15H20O2. The van der Waals surface area contributed by atoms with Crippen LogP contribution in [-0.2, 0) is 0 Å². The fourth-order valence-corrected chi connectivity index (χ4v) is 5.30. The molecule has 0 radical (unpaired) electrons. The minimum Gasteiger partial charge on any atom is -0.472 e. The Hall–Kier alpha value is -0.760. The second kappa shape index (κ2) is 3.38. The van der Waals surface area contributed by atoms with Gasteiger partial charge in [0, 0.05) is 11.0 Å². The lowest BCUT2D eigenvalue weighted by Gasteiger charge is -2.58. The highest BCUT2D eigenvalue weighted by Gasteiger charge is 2.54. The van der Waals surface area contributed by atoms with Crippen molar-refractivity contribution in [3.05, 3.63) is 24.2 Å². The van der Waals surface area contributed by atoms with Crippen LogP contribution in [0.5, 0.6) is 0 Å². The van der Waals surface area contributed by atoms with Gasteiger partial charge < -0.3 is 9.52 Å². The molecule has 1 N–H and O–H groups in total. The summed E-state index contributed by atoms with van der Waals surface area (Å²) in [6.07, 6.45) is 11.1. The molecule has 2 heteroatoms. The lowest BCUT2D eigenvalue weighted by molar-refractivity contribution is -0.122. The highest BCUT2D eigenvalue weighted by molar-refractivity contribution is 5.16. The molecular weight excluding hydrogens is 212 g/mol. The third kappa shape index (κ3) is 1.43. The van der Waals surface area contributed by atoms with E-state index >= 15 is 0 Å². The smallest absolute Gasteiger partial charge is 0.0960 e. The molecule has 4 aliphatic carbocycles. The fraction of sp³-hybridized carbons (Fsp3) is 0.733. The molecule has 4 bridgehead atoms. The van der Waals surface area contributed by atoms with Gasteiger partial charge in [-0.05, 0) is 62.3 Å². The fourth-order valence-electron chi connectivity index (χ4n) is 5.30. The summed E-state index contributed by atoms with van der Waals surface area (Å²) in [6, 6.07) is 1.93. The van der Waals surface area contributed by atoms with Crippen molar-refractivity contribution >= 4 is 0 Å². The predicted octanol–water partition coefficient (Wildman–Crippen LogP) is 3.53. The molecule has 4 saturated carbocycles. The summed E-state index contributed by atoms with van der Waals surface area (Å²) in [6.45, 7) is 0. The minimum absolute atomic E-state index is 0.179. The largest absolute Gasteiger partial charge is 0.472 e. The van der Waals surface area contributed by atoms with Crippen molar-refractivity contribution in [3.8, 4) is 0 Å². The van der Waals surface area contributed by atoms with Crippen LogP contribution < -0.4 is 0 Å². The summed E-state index contributed by atoms with van der Waals surface area (Å²) in [7, 11) is 0. The van der Waals surface area contributed by atoms with E-state index in [1.165, 1.54) is 38.5 Å². The maximum absolute atomic E-state index is 10.7. The van der Waals surface area contributed by atoms with Gasteiger partial charge in [-0.25, -0.2) is 0 Å². The van der Waals surface area contributed by atoms with E-state index in [2.05, 4.69) is 0 Å². The summed E-state index contributed by atoms with van der Waals surface area (Å²) in [5.74, 6) is 2.67. The third-order valence-corrected chi connectivity index (χ3v) is 5.52. The van der Waals surface area contributed by atoms with Gasteiger partial charge in [0.25, 0.3) is 0 Å². The Balaban J connectivity index is 1.68. The zero-order valence-corrected chi connectivity index (χ0v) is 10.1. The van der Waals surface area contributed by atoms with Crippen molar-refractivity contribution in [2.24, 2.45) is 23.2 Å². The van der Waals surface area contributed by atoms with Gasteiger partial charge in [-0.2, -0.15) is 0 Å². The standard InChI is InChI=1S/C15H20O2/c16-14(13-1-2-17-9-13)15-6-10-3-11(7-15)5-12(4-10)8-15/h1-2,9-12,14,16H,3-8H2. The van der Waals surface area contributed by atoms with E-state index in [-0.39, 0.29) is 11.5 Å². The van der Waals surface area contributed by atoms with E-state index in [1.807, 2.05) is 6.07 Å². The highest BCUT2D eigenvalue weighted by Crippen LogP contribution is 2.63. The van der Waals surface area contributed by atoms with Crippen molar-refractivity contribution in [1.82, 2.24) is 0 Å². The molecule has 5 rings (SSSR count). The number of aliphatic hydroxyl groups excluding tert-OH is 1. The average Bonchev–Trinajstić information content (AvgIpc) is 2.79. The number of rotatable bonds is 2. The molecule has 4 fully saturated rings. The molecule has 2 nitrogen and oxygen atoms in total. The lowest BCUT2D eigenvalue weighted by Crippen LogP contribution is -2.48. The minimum atomic E-state index is -0.297. The molecule has 1 heterocycles. The van der Waals surface area contributed by atoms with Gasteiger partial charge >= 0.3 is 0 Å². The van der Waals surface area contributed by atoms with E-state index in [0.717, 1.165) is 23.3 Å². The van der Waals surface area contributed by atoms with E-state index in [9.17, 15) is 5.11 Å². The van der Waals surface area contributed by atoms with Crippen LogP contribution in [0.25, 0.3) is 0 Å². The van der Waals surface area contributed by atoms with Crippen LogP contribution in [0.15, 0.2) is 23.0 Å². The molecule has 1 aromatic rings. The summed E-state index contributed by atoms with van der Waals surface area (Å²) in [5.41, 5.74) is 1.17. The summed E-state index contributed by atoms with van der Waals surface area (Å²) in [5, 5.41) is 10.7. The SMILES string of the molecule is OC(c1ccoc1)C12CC3CC(CC(C3)C1)C2. The van der Waals surface area contributed by atoms with Crippen molar-refractivity contribution in [3.63, 3.8) is 0 Å². The Morgan fingerprint density at radius 3 is 2.18 bits per heavy atom. The molecule has 0 spiro atoms. The van der Waals surface area contributed by atoms with E-state index < -0.39 is 0 Å². The van der Waals surface area contributed by atoms with Crippen LogP contribution in [0.2, 0.25) is 0 Å². The first kappa shape index (κ1) is 10.2. The third-order valence-electron chi connectivity index (χ3n) is 5.52. The average molecular weight is 232 g/mol. The van der Waals surface area contributed by atoms with Gasteiger partial charge in [-0.1, -0.05) is 0 Å². The van der Waals surface area contributed by atoms with Crippen LogP contribution >= 0.6 is 0 Å². The Labute approximate surface area is 102 Å². The molecule has 1 unspecified atom stereocenters. The first-order valence-corrected chi connectivity index (χ1v) is 6.95. The summed E-state index contributed by atoms with van der Waals surface area (Å²) in [4.78, 5) is 0. The van der Waals surface area contributed by atoms with Gasteiger partial charge in [0.2, 0.25) is 0 Å². The van der Waals surface area contributed by atoms with Gasteiger partial charge in [-0.15, -0.1) is 0 Å². The van der Waals surface area contributed by atoms with Crippen LogP contribution in [-0.4, -0.2) is 5.11 Å². The maximum Gasteiger partial charge on any atom is 0.0960 e. The Morgan fingerprint density at radius 2 is 1.71 bits per heavy atom. The Morgan fingerprint density at radius 1 is 1.12 bits per heavy atom. The maximum atomic E-state index is 10.7. The van der Waals surface area contributed by atoms with Gasteiger partial charge in [-0.3, -0.25) is 0 Å². The zero-order valence-electron chi connectivity index (χ0n) is 10.1. The Kier molecular flexibility index (Phi) is 2.03. The van der Waals surface area contributed by atoms with E-state index in [4.69, 9.17) is 4.42 Å². The summed E-state index contributed by atoms with van der Waals surface area (Å²) < 4.78 is 5.14. The normalized spacial score (nSPS) is 45.1. The number of hydrogen-bond donors (Lipinski definition) is 1. The van der Waals surface area contributed by atoms with Crippen molar-refractivity contribution < 1.29 is 9.52 Å². The number of aliphatic hydroxyl groups is 1. The van der Waals surface area contributed by atoms with E-state index in [1.54, 1.807) is 12.5 Å². The van der Waals surface area contributed by atoms with Crippen LogP contribution in [0.4, 0.5) is 0 Å².